The van der Waals surface area contributed by atoms with Crippen LogP contribution in [0.25, 0.3) is 10.6 Å². The van der Waals surface area contributed by atoms with Gasteiger partial charge in [0.1, 0.15) is 5.01 Å². The molecule has 7 heteroatoms. The highest BCUT2D eigenvalue weighted by molar-refractivity contribution is 7.18. The summed E-state index contributed by atoms with van der Waals surface area (Å²) in [4.78, 5) is 17.5. The van der Waals surface area contributed by atoms with Gasteiger partial charge in [-0.25, -0.2) is 0 Å². The van der Waals surface area contributed by atoms with Crippen LogP contribution in [0.3, 0.4) is 0 Å². The zero-order valence-electron chi connectivity index (χ0n) is 9.99. The first-order valence-electron chi connectivity index (χ1n) is 5.88. The standard InChI is InChI=1S/C12H11ClN4OS/c13-6-8-5-10(18)17(7-8)12-16-15-11(19-12)9-1-3-14-4-2-9/h1-4,8H,5-7H2. The summed E-state index contributed by atoms with van der Waals surface area (Å²) in [5.41, 5.74) is 0.958. The molecule has 1 fully saturated rings. The van der Waals surface area contributed by atoms with E-state index in [1.807, 2.05) is 12.1 Å². The Morgan fingerprint density at radius 1 is 1.37 bits per heavy atom. The van der Waals surface area contributed by atoms with E-state index in [1.54, 1.807) is 17.3 Å². The van der Waals surface area contributed by atoms with Gasteiger partial charge < -0.3 is 0 Å². The van der Waals surface area contributed by atoms with E-state index in [4.69, 9.17) is 11.6 Å². The number of anilines is 1. The van der Waals surface area contributed by atoms with Gasteiger partial charge in [0.05, 0.1) is 0 Å². The van der Waals surface area contributed by atoms with Crippen LogP contribution < -0.4 is 4.90 Å². The molecule has 5 nitrogen and oxygen atoms in total. The van der Waals surface area contributed by atoms with Crippen LogP contribution in [0, 0.1) is 5.92 Å². The van der Waals surface area contributed by atoms with Crippen molar-refractivity contribution in [3.63, 3.8) is 0 Å². The number of halogens is 1. The van der Waals surface area contributed by atoms with Gasteiger partial charge in [-0.1, -0.05) is 11.3 Å². The van der Waals surface area contributed by atoms with Crippen LogP contribution in [0.15, 0.2) is 24.5 Å². The number of hydrogen-bond donors (Lipinski definition) is 0. The predicted molar refractivity (Wildman–Crippen MR) is 74.3 cm³/mol. The fourth-order valence-corrected chi connectivity index (χ4v) is 3.09. The number of pyridine rings is 1. The fourth-order valence-electron chi connectivity index (χ4n) is 2.01. The van der Waals surface area contributed by atoms with E-state index in [0.29, 0.717) is 24.0 Å². The van der Waals surface area contributed by atoms with E-state index in [0.717, 1.165) is 10.6 Å². The topological polar surface area (TPSA) is 59.0 Å². The molecular weight excluding hydrogens is 284 g/mol. The second kappa shape index (κ2) is 5.22. The molecule has 98 valence electrons. The van der Waals surface area contributed by atoms with Crippen LogP contribution in [0.4, 0.5) is 5.13 Å². The van der Waals surface area contributed by atoms with Crippen molar-refractivity contribution < 1.29 is 4.79 Å². The Morgan fingerprint density at radius 2 is 2.16 bits per heavy atom. The number of carbonyl (C=O) groups excluding carboxylic acids is 1. The Kier molecular flexibility index (Phi) is 3.44. The predicted octanol–water partition coefficient (Wildman–Crippen LogP) is 2.19. The smallest absolute Gasteiger partial charge is 0.229 e. The van der Waals surface area contributed by atoms with Gasteiger partial charge >= 0.3 is 0 Å². The number of alkyl halides is 1. The molecule has 1 saturated heterocycles. The summed E-state index contributed by atoms with van der Waals surface area (Å²) in [6, 6.07) is 3.75. The number of aromatic nitrogens is 3. The van der Waals surface area contributed by atoms with E-state index < -0.39 is 0 Å². The second-order valence-electron chi connectivity index (χ2n) is 4.35. The third-order valence-corrected chi connectivity index (χ3v) is 4.43. The van der Waals surface area contributed by atoms with Gasteiger partial charge in [0.15, 0.2) is 0 Å². The maximum absolute atomic E-state index is 11.9. The average molecular weight is 295 g/mol. The van der Waals surface area contributed by atoms with Gasteiger partial charge in [0.2, 0.25) is 11.0 Å². The van der Waals surface area contributed by atoms with Crippen molar-refractivity contribution in [1.82, 2.24) is 15.2 Å². The quantitative estimate of drug-likeness (QED) is 0.814. The maximum atomic E-state index is 11.9. The number of amides is 1. The average Bonchev–Trinajstić information content (AvgIpc) is 3.06. The molecule has 1 aliphatic rings. The number of rotatable bonds is 3. The van der Waals surface area contributed by atoms with Crippen molar-refractivity contribution >= 4 is 34.0 Å². The zero-order valence-corrected chi connectivity index (χ0v) is 11.6. The van der Waals surface area contributed by atoms with Crippen LogP contribution in [0.1, 0.15) is 6.42 Å². The van der Waals surface area contributed by atoms with Gasteiger partial charge in [-0.3, -0.25) is 14.7 Å². The zero-order chi connectivity index (χ0) is 13.2. The summed E-state index contributed by atoms with van der Waals surface area (Å²) < 4.78 is 0. The molecular formula is C12H11ClN4OS. The van der Waals surface area contributed by atoms with E-state index in [9.17, 15) is 4.79 Å². The molecule has 0 aliphatic carbocycles. The Morgan fingerprint density at radius 3 is 2.84 bits per heavy atom. The first kappa shape index (κ1) is 12.5. The van der Waals surface area contributed by atoms with E-state index in [-0.39, 0.29) is 11.8 Å². The highest BCUT2D eigenvalue weighted by atomic mass is 35.5. The Bertz CT molecular complexity index is 588. The van der Waals surface area contributed by atoms with E-state index in [2.05, 4.69) is 15.2 Å². The third kappa shape index (κ3) is 2.46. The second-order valence-corrected chi connectivity index (χ2v) is 5.62. The maximum Gasteiger partial charge on any atom is 0.229 e. The van der Waals surface area contributed by atoms with Gasteiger partial charge in [-0.15, -0.1) is 21.8 Å². The van der Waals surface area contributed by atoms with Gasteiger partial charge in [-0.2, -0.15) is 0 Å². The summed E-state index contributed by atoms with van der Waals surface area (Å²) in [5.74, 6) is 0.781. The molecule has 0 N–H and O–H groups in total. The third-order valence-electron chi connectivity index (χ3n) is 3.00. The Hall–Kier alpha value is -1.53. The number of hydrogen-bond acceptors (Lipinski definition) is 5. The van der Waals surface area contributed by atoms with Crippen LogP contribution in [0.5, 0.6) is 0 Å². The Labute approximate surface area is 119 Å². The summed E-state index contributed by atoms with van der Waals surface area (Å²) in [6.07, 6.45) is 3.91. The minimum Gasteiger partial charge on any atom is -0.286 e. The van der Waals surface area contributed by atoms with Crippen LogP contribution in [-0.4, -0.2) is 33.5 Å². The molecule has 2 aromatic rings. The molecule has 19 heavy (non-hydrogen) atoms. The molecule has 1 atom stereocenters. The lowest BCUT2D eigenvalue weighted by Gasteiger charge is -2.10. The molecule has 1 aliphatic heterocycles. The van der Waals surface area contributed by atoms with Crippen molar-refractivity contribution in [2.75, 3.05) is 17.3 Å². The first-order chi connectivity index (χ1) is 9.28. The van der Waals surface area contributed by atoms with E-state index in [1.165, 1.54) is 11.3 Å². The molecule has 1 amide bonds. The summed E-state index contributed by atoms with van der Waals surface area (Å²) in [5, 5.41) is 9.67. The summed E-state index contributed by atoms with van der Waals surface area (Å²) in [6.45, 7) is 0.632. The van der Waals surface area contributed by atoms with Crippen LogP contribution in [0.2, 0.25) is 0 Å². The molecule has 3 heterocycles. The lowest BCUT2D eigenvalue weighted by molar-refractivity contribution is -0.117. The van der Waals surface area contributed by atoms with Gasteiger partial charge in [-0.05, 0) is 18.1 Å². The molecule has 3 rings (SSSR count). The highest BCUT2D eigenvalue weighted by Gasteiger charge is 2.32. The SMILES string of the molecule is O=C1CC(CCl)CN1c1nnc(-c2ccncc2)s1. The largest absolute Gasteiger partial charge is 0.286 e. The Balaban J connectivity index is 1.84. The van der Waals surface area contributed by atoms with E-state index >= 15 is 0 Å². The first-order valence-corrected chi connectivity index (χ1v) is 7.23. The molecule has 0 bridgehead atoms. The molecule has 2 aromatic heterocycles. The number of carbonyl (C=O) groups is 1. The minimum absolute atomic E-state index is 0.0723. The van der Waals surface area contributed by atoms with Crippen molar-refractivity contribution in [2.24, 2.45) is 5.92 Å². The molecule has 0 radical (unpaired) electrons. The van der Waals surface area contributed by atoms with Crippen molar-refractivity contribution in [2.45, 2.75) is 6.42 Å². The number of nitrogens with zero attached hydrogens (tertiary/aromatic N) is 4. The lowest BCUT2D eigenvalue weighted by atomic mass is 10.2. The van der Waals surface area contributed by atoms with Crippen LogP contribution >= 0.6 is 22.9 Å². The van der Waals surface area contributed by atoms with Gasteiger partial charge in [0.25, 0.3) is 0 Å². The normalized spacial score (nSPS) is 19.1. The highest BCUT2D eigenvalue weighted by Crippen LogP contribution is 2.32. The minimum atomic E-state index is 0.0723. The summed E-state index contributed by atoms with van der Waals surface area (Å²) in [7, 11) is 0. The monoisotopic (exact) mass is 294 g/mol. The van der Waals surface area contributed by atoms with Crippen molar-refractivity contribution in [1.29, 1.82) is 0 Å². The van der Waals surface area contributed by atoms with Crippen molar-refractivity contribution in [3.8, 4) is 10.6 Å². The molecule has 0 spiro atoms. The lowest BCUT2D eigenvalue weighted by Crippen LogP contribution is -2.24. The van der Waals surface area contributed by atoms with Crippen molar-refractivity contribution in [3.05, 3.63) is 24.5 Å². The molecule has 1 unspecified atom stereocenters. The summed E-state index contributed by atoms with van der Waals surface area (Å²) >= 11 is 7.22. The molecule has 0 saturated carbocycles. The molecule has 0 aromatic carbocycles. The van der Waals surface area contributed by atoms with Crippen LogP contribution in [-0.2, 0) is 4.79 Å². The van der Waals surface area contributed by atoms with Gasteiger partial charge in [0, 0.05) is 36.8 Å². The fraction of sp³-hybridized carbons (Fsp3) is 0.333.